The van der Waals surface area contributed by atoms with Crippen LogP contribution in [0.2, 0.25) is 0 Å². The highest BCUT2D eigenvalue weighted by molar-refractivity contribution is 5.77. The van der Waals surface area contributed by atoms with E-state index in [1.807, 2.05) is 36.4 Å². The van der Waals surface area contributed by atoms with Gasteiger partial charge in [-0.25, -0.2) is 0 Å². The van der Waals surface area contributed by atoms with E-state index >= 15 is 0 Å². The highest BCUT2D eigenvalue weighted by Gasteiger charge is 2.19. The summed E-state index contributed by atoms with van der Waals surface area (Å²) in [6.45, 7) is 0. The van der Waals surface area contributed by atoms with Crippen molar-refractivity contribution in [2.75, 3.05) is 21.3 Å². The minimum absolute atomic E-state index is 0.126. The number of nitrogens with zero attached hydrogens (tertiary/aromatic N) is 1. The van der Waals surface area contributed by atoms with Crippen LogP contribution in [0.15, 0.2) is 30.3 Å². The van der Waals surface area contributed by atoms with Crippen molar-refractivity contribution in [2.45, 2.75) is 6.42 Å². The van der Waals surface area contributed by atoms with Gasteiger partial charge in [0.1, 0.15) is 0 Å². The molecule has 0 amide bonds. The van der Waals surface area contributed by atoms with Gasteiger partial charge in [-0.15, -0.1) is 0 Å². The smallest absolute Gasteiger partial charge is 0.277 e. The zero-order chi connectivity index (χ0) is 18.7. The van der Waals surface area contributed by atoms with Crippen LogP contribution in [0.3, 0.4) is 0 Å². The molecule has 1 aliphatic carbocycles. The highest BCUT2D eigenvalue weighted by Crippen LogP contribution is 2.39. The molecule has 134 valence electrons. The number of fused-ring (bicyclic) bond motifs is 1. The number of hydrogen-bond acceptors (Lipinski definition) is 5. The Morgan fingerprint density at radius 2 is 1.58 bits per heavy atom. The van der Waals surface area contributed by atoms with Gasteiger partial charge in [0.2, 0.25) is 5.75 Å². The van der Waals surface area contributed by atoms with Crippen LogP contribution in [0.5, 0.6) is 17.2 Å². The Labute approximate surface area is 151 Å². The normalized spacial score (nSPS) is 12.3. The van der Waals surface area contributed by atoms with Crippen molar-refractivity contribution in [3.05, 3.63) is 62.7 Å². The maximum absolute atomic E-state index is 11.3. The van der Waals surface area contributed by atoms with E-state index in [4.69, 9.17) is 14.2 Å². The second-order valence-electron chi connectivity index (χ2n) is 5.77. The molecule has 0 saturated carbocycles. The van der Waals surface area contributed by atoms with Crippen LogP contribution in [0, 0.1) is 10.1 Å². The van der Waals surface area contributed by atoms with E-state index in [0.717, 1.165) is 16.7 Å². The standard InChI is InChI=1S/C20H19NO5/c1-24-18-11-14(12-19(25-2)20(18)26-3)8-7-13-9-15-5-4-6-16(15)17(10-13)21(22)23/h4,6-12H,5H2,1-3H3/b8-7-. The van der Waals surface area contributed by atoms with Crippen LogP contribution < -0.4 is 14.2 Å². The number of allylic oxidation sites excluding steroid dienone is 1. The number of methoxy groups -OCH3 is 3. The second kappa shape index (κ2) is 7.31. The summed E-state index contributed by atoms with van der Waals surface area (Å²) >= 11 is 0. The minimum Gasteiger partial charge on any atom is -0.493 e. The van der Waals surface area contributed by atoms with Gasteiger partial charge in [-0.1, -0.05) is 30.4 Å². The fourth-order valence-electron chi connectivity index (χ4n) is 3.02. The van der Waals surface area contributed by atoms with Crippen LogP contribution in [0.1, 0.15) is 22.3 Å². The van der Waals surface area contributed by atoms with Crippen LogP contribution >= 0.6 is 0 Å². The molecule has 0 bridgehead atoms. The van der Waals surface area contributed by atoms with Gasteiger partial charge in [-0.05, 0) is 35.2 Å². The van der Waals surface area contributed by atoms with Crippen molar-refractivity contribution in [2.24, 2.45) is 0 Å². The average Bonchev–Trinajstić information content (AvgIpc) is 3.12. The largest absolute Gasteiger partial charge is 0.493 e. The maximum atomic E-state index is 11.3. The first-order chi connectivity index (χ1) is 12.6. The van der Waals surface area contributed by atoms with Crippen molar-refractivity contribution in [3.8, 4) is 17.2 Å². The van der Waals surface area contributed by atoms with Gasteiger partial charge in [0, 0.05) is 6.07 Å². The molecule has 0 heterocycles. The first-order valence-corrected chi connectivity index (χ1v) is 8.03. The molecule has 26 heavy (non-hydrogen) atoms. The molecule has 0 aliphatic heterocycles. The average molecular weight is 353 g/mol. The molecule has 0 spiro atoms. The molecular formula is C20H19NO5. The Balaban J connectivity index is 1.98. The Kier molecular flexibility index (Phi) is 4.93. The fourth-order valence-corrected chi connectivity index (χ4v) is 3.02. The summed E-state index contributed by atoms with van der Waals surface area (Å²) < 4.78 is 16.0. The Bertz CT molecular complexity index is 890. The van der Waals surface area contributed by atoms with E-state index in [0.29, 0.717) is 29.2 Å². The van der Waals surface area contributed by atoms with Crippen molar-refractivity contribution < 1.29 is 19.1 Å². The zero-order valence-electron chi connectivity index (χ0n) is 14.8. The lowest BCUT2D eigenvalue weighted by Crippen LogP contribution is -1.96. The number of rotatable bonds is 6. The number of nitro benzene ring substituents is 1. The van der Waals surface area contributed by atoms with Gasteiger partial charge in [0.25, 0.3) is 5.69 Å². The number of ether oxygens (including phenoxy) is 3. The lowest BCUT2D eigenvalue weighted by molar-refractivity contribution is -0.385. The number of hydrogen-bond donors (Lipinski definition) is 0. The predicted molar refractivity (Wildman–Crippen MR) is 101 cm³/mol. The van der Waals surface area contributed by atoms with E-state index in [9.17, 15) is 10.1 Å². The third-order valence-corrected chi connectivity index (χ3v) is 4.24. The van der Waals surface area contributed by atoms with Gasteiger partial charge < -0.3 is 14.2 Å². The third kappa shape index (κ3) is 3.26. The third-order valence-electron chi connectivity index (χ3n) is 4.24. The zero-order valence-corrected chi connectivity index (χ0v) is 14.8. The van der Waals surface area contributed by atoms with Crippen LogP contribution in [0.25, 0.3) is 18.2 Å². The molecule has 2 aromatic carbocycles. The quantitative estimate of drug-likeness (QED) is 0.438. The van der Waals surface area contributed by atoms with E-state index in [-0.39, 0.29) is 10.6 Å². The van der Waals surface area contributed by atoms with Crippen molar-refractivity contribution in [3.63, 3.8) is 0 Å². The predicted octanol–water partition coefficient (Wildman–Crippen LogP) is 4.36. The van der Waals surface area contributed by atoms with Crippen molar-refractivity contribution in [1.82, 2.24) is 0 Å². The molecule has 6 heteroatoms. The molecule has 0 fully saturated rings. The second-order valence-corrected chi connectivity index (χ2v) is 5.77. The topological polar surface area (TPSA) is 70.8 Å². The Hall–Kier alpha value is -3.28. The molecule has 0 N–H and O–H groups in total. The summed E-state index contributed by atoms with van der Waals surface area (Å²) in [6.07, 6.45) is 8.15. The highest BCUT2D eigenvalue weighted by atomic mass is 16.6. The molecular weight excluding hydrogens is 334 g/mol. The molecule has 0 unspecified atom stereocenters. The van der Waals surface area contributed by atoms with E-state index in [2.05, 4.69) is 0 Å². The van der Waals surface area contributed by atoms with E-state index in [1.165, 1.54) is 0 Å². The molecule has 2 aromatic rings. The summed E-state index contributed by atoms with van der Waals surface area (Å²) in [6, 6.07) is 7.20. The Morgan fingerprint density at radius 1 is 0.962 bits per heavy atom. The molecule has 0 aromatic heterocycles. The molecule has 0 saturated heterocycles. The minimum atomic E-state index is -0.342. The van der Waals surface area contributed by atoms with Crippen LogP contribution in [-0.4, -0.2) is 26.3 Å². The molecule has 6 nitrogen and oxygen atoms in total. The SMILES string of the molecule is COc1cc(/C=C\c2cc3c(c([N+](=O)[O-])c2)C=CC3)cc(OC)c1OC. The van der Waals surface area contributed by atoms with E-state index < -0.39 is 0 Å². The van der Waals surface area contributed by atoms with Gasteiger partial charge in [-0.2, -0.15) is 0 Å². The van der Waals surface area contributed by atoms with Crippen molar-refractivity contribution >= 4 is 23.9 Å². The first-order valence-electron chi connectivity index (χ1n) is 8.03. The van der Waals surface area contributed by atoms with Gasteiger partial charge in [0.05, 0.1) is 31.8 Å². The molecule has 0 atom stereocenters. The van der Waals surface area contributed by atoms with Crippen LogP contribution in [0.4, 0.5) is 5.69 Å². The van der Waals surface area contributed by atoms with Crippen LogP contribution in [-0.2, 0) is 6.42 Å². The molecule has 3 rings (SSSR count). The van der Waals surface area contributed by atoms with Gasteiger partial charge >= 0.3 is 0 Å². The monoisotopic (exact) mass is 353 g/mol. The number of nitro groups is 1. The molecule has 1 aliphatic rings. The maximum Gasteiger partial charge on any atom is 0.277 e. The fraction of sp³-hybridized carbons (Fsp3) is 0.200. The lowest BCUT2D eigenvalue weighted by Gasteiger charge is -2.12. The van der Waals surface area contributed by atoms with E-state index in [1.54, 1.807) is 33.5 Å². The van der Waals surface area contributed by atoms with Crippen molar-refractivity contribution in [1.29, 1.82) is 0 Å². The molecule has 0 radical (unpaired) electrons. The summed E-state index contributed by atoms with van der Waals surface area (Å²) in [7, 11) is 4.66. The summed E-state index contributed by atoms with van der Waals surface area (Å²) in [5.74, 6) is 1.62. The summed E-state index contributed by atoms with van der Waals surface area (Å²) in [4.78, 5) is 11.0. The first kappa shape index (κ1) is 17.5. The van der Waals surface area contributed by atoms with Gasteiger partial charge in [0.15, 0.2) is 11.5 Å². The summed E-state index contributed by atoms with van der Waals surface area (Å²) in [5.41, 5.74) is 3.39. The number of benzene rings is 2. The Morgan fingerprint density at radius 3 is 2.12 bits per heavy atom. The summed E-state index contributed by atoms with van der Waals surface area (Å²) in [5, 5.41) is 11.3. The van der Waals surface area contributed by atoms with Gasteiger partial charge in [-0.3, -0.25) is 10.1 Å². The lowest BCUT2D eigenvalue weighted by atomic mass is 10.0.